The molecule has 2 aliphatic heterocycles. The van der Waals surface area contributed by atoms with E-state index in [4.69, 9.17) is 20.9 Å². The molecule has 6 rings (SSSR count). The topological polar surface area (TPSA) is 83.8 Å². The highest BCUT2D eigenvalue weighted by molar-refractivity contribution is 6.03. The minimum atomic E-state index is -0.741. The van der Waals surface area contributed by atoms with Crippen molar-refractivity contribution in [3.8, 4) is 35.4 Å². The molecule has 0 saturated carbocycles. The van der Waals surface area contributed by atoms with Crippen molar-refractivity contribution in [1.82, 2.24) is 19.9 Å². The highest BCUT2D eigenvalue weighted by Crippen LogP contribution is 2.38. The van der Waals surface area contributed by atoms with Crippen molar-refractivity contribution in [2.24, 2.45) is 0 Å². The Kier molecular flexibility index (Phi) is 7.09. The maximum Gasteiger partial charge on any atom is 0.319 e. The highest BCUT2D eigenvalue weighted by Gasteiger charge is 2.26. The first-order valence-electron chi connectivity index (χ1n) is 13.4. The number of aromatic nitrogens is 3. The van der Waals surface area contributed by atoms with Gasteiger partial charge in [-0.15, -0.1) is 6.42 Å². The number of phenolic OH excluding ortho intramolecular Hbond substituents is 1. The maximum atomic E-state index is 16.5. The zero-order valence-corrected chi connectivity index (χ0v) is 22.2. The van der Waals surface area contributed by atoms with Crippen molar-refractivity contribution in [2.45, 2.75) is 25.3 Å². The minimum absolute atomic E-state index is 0.0186. The number of aromatic hydroxyl groups is 1. The van der Waals surface area contributed by atoms with Crippen LogP contribution in [0.3, 0.4) is 0 Å². The van der Waals surface area contributed by atoms with Gasteiger partial charge in [0.1, 0.15) is 35.2 Å². The summed E-state index contributed by atoms with van der Waals surface area (Å²) >= 11 is 0. The molecular formula is C30H29F2N5O3. The molecule has 2 fully saturated rings. The van der Waals surface area contributed by atoms with Gasteiger partial charge in [-0.1, -0.05) is 12.0 Å². The molecule has 0 radical (unpaired) electrons. The molecule has 0 amide bonds. The third-order valence-corrected chi connectivity index (χ3v) is 7.69. The van der Waals surface area contributed by atoms with Gasteiger partial charge in [-0.05, 0) is 56.4 Å². The van der Waals surface area contributed by atoms with E-state index in [1.54, 1.807) is 0 Å². The van der Waals surface area contributed by atoms with Gasteiger partial charge in [0.2, 0.25) is 0 Å². The van der Waals surface area contributed by atoms with Crippen molar-refractivity contribution in [1.29, 1.82) is 0 Å². The number of pyridine rings is 1. The fraction of sp³-hybridized carbons (Fsp3) is 0.367. The second-order valence-corrected chi connectivity index (χ2v) is 10.2. The lowest BCUT2D eigenvalue weighted by Gasteiger charge is -2.24. The monoisotopic (exact) mass is 545 g/mol. The van der Waals surface area contributed by atoms with Crippen LogP contribution in [0.1, 0.15) is 24.8 Å². The maximum absolute atomic E-state index is 16.5. The van der Waals surface area contributed by atoms with E-state index in [2.05, 4.69) is 27.8 Å². The van der Waals surface area contributed by atoms with Crippen molar-refractivity contribution in [2.75, 3.05) is 51.4 Å². The van der Waals surface area contributed by atoms with Crippen molar-refractivity contribution in [3.05, 3.63) is 47.7 Å². The van der Waals surface area contributed by atoms with Gasteiger partial charge in [0, 0.05) is 42.9 Å². The number of rotatable bonds is 5. The molecule has 2 aliphatic rings. The van der Waals surface area contributed by atoms with Crippen LogP contribution < -0.4 is 9.64 Å². The fourth-order valence-corrected chi connectivity index (χ4v) is 5.59. The Labute approximate surface area is 230 Å². The molecule has 4 heterocycles. The lowest BCUT2D eigenvalue weighted by Crippen LogP contribution is -2.31. The first kappa shape index (κ1) is 26.2. The molecule has 0 bridgehead atoms. The summed E-state index contributed by atoms with van der Waals surface area (Å²) in [5, 5.41) is 11.6. The van der Waals surface area contributed by atoms with Crippen LogP contribution in [0.4, 0.5) is 14.6 Å². The van der Waals surface area contributed by atoms with E-state index in [-0.39, 0.29) is 45.5 Å². The summed E-state index contributed by atoms with van der Waals surface area (Å²) in [5.74, 6) is 1.39. The lowest BCUT2D eigenvalue weighted by atomic mass is 9.96. The number of fused-ring (bicyclic) bond motifs is 2. The quantitative estimate of drug-likeness (QED) is 0.367. The molecule has 8 nitrogen and oxygen atoms in total. The average Bonchev–Trinajstić information content (AvgIpc) is 3.17. The van der Waals surface area contributed by atoms with Crippen LogP contribution in [0.25, 0.3) is 32.9 Å². The summed E-state index contributed by atoms with van der Waals surface area (Å²) in [6.45, 7) is 3.76. The van der Waals surface area contributed by atoms with Crippen LogP contribution in [0.5, 0.6) is 11.8 Å². The average molecular weight is 546 g/mol. The van der Waals surface area contributed by atoms with Gasteiger partial charge < -0.3 is 24.4 Å². The molecule has 10 heteroatoms. The van der Waals surface area contributed by atoms with Crippen molar-refractivity contribution >= 4 is 27.5 Å². The Morgan fingerprint density at radius 2 is 2.02 bits per heavy atom. The highest BCUT2D eigenvalue weighted by atomic mass is 19.1. The number of likely N-dealkylation sites (N-methyl/N-ethyl adjacent to an activating group) is 1. The van der Waals surface area contributed by atoms with Gasteiger partial charge >= 0.3 is 6.01 Å². The smallest absolute Gasteiger partial charge is 0.319 e. The number of nitrogens with zero attached hydrogens (tertiary/aromatic N) is 5. The molecule has 4 aromatic rings. The van der Waals surface area contributed by atoms with E-state index in [0.717, 1.165) is 25.8 Å². The van der Waals surface area contributed by atoms with Crippen molar-refractivity contribution in [3.63, 3.8) is 0 Å². The van der Waals surface area contributed by atoms with E-state index >= 15 is 4.39 Å². The Morgan fingerprint density at radius 3 is 2.83 bits per heavy atom. The Bertz CT molecular complexity index is 1630. The van der Waals surface area contributed by atoms with Crippen LogP contribution in [-0.4, -0.2) is 77.5 Å². The Hall–Kier alpha value is -4.07. The molecule has 1 N–H and O–H groups in total. The van der Waals surface area contributed by atoms with Crippen molar-refractivity contribution < 1.29 is 23.4 Å². The number of halogens is 2. The SMILES string of the molecule is C#Cc1c(F)ccc2cc(O)cc(-c3ncc4c(N5CCCOCC5)nc(OCC5CCCN5C)nc4c3F)c12. The molecule has 2 saturated heterocycles. The van der Waals surface area contributed by atoms with E-state index in [1.807, 2.05) is 4.90 Å². The summed E-state index contributed by atoms with van der Waals surface area (Å²) in [4.78, 5) is 17.9. The van der Waals surface area contributed by atoms with Crippen LogP contribution in [-0.2, 0) is 4.74 Å². The summed E-state index contributed by atoms with van der Waals surface area (Å²) in [7, 11) is 2.05. The summed E-state index contributed by atoms with van der Waals surface area (Å²) < 4.78 is 42.8. The molecule has 0 spiro atoms. The summed E-state index contributed by atoms with van der Waals surface area (Å²) in [6, 6.07) is 5.79. The molecule has 1 atom stereocenters. The summed E-state index contributed by atoms with van der Waals surface area (Å²) in [6.07, 6.45) is 10.0. The predicted molar refractivity (Wildman–Crippen MR) is 149 cm³/mol. The van der Waals surface area contributed by atoms with Gasteiger partial charge in [0.05, 0.1) is 17.6 Å². The number of hydrogen-bond donors (Lipinski definition) is 1. The number of terminal acetylenes is 1. The number of anilines is 1. The van der Waals surface area contributed by atoms with Crippen LogP contribution >= 0.6 is 0 Å². The van der Waals surface area contributed by atoms with Gasteiger partial charge in [-0.2, -0.15) is 9.97 Å². The fourth-order valence-electron chi connectivity index (χ4n) is 5.59. The summed E-state index contributed by atoms with van der Waals surface area (Å²) in [5.41, 5.74) is 0.0394. The Balaban J connectivity index is 1.53. The largest absolute Gasteiger partial charge is 0.508 e. The van der Waals surface area contributed by atoms with E-state index < -0.39 is 11.6 Å². The number of hydrogen-bond acceptors (Lipinski definition) is 8. The van der Waals surface area contributed by atoms with Gasteiger partial charge in [-0.25, -0.2) is 8.78 Å². The molecule has 2 aromatic carbocycles. The number of phenols is 1. The minimum Gasteiger partial charge on any atom is -0.508 e. The van der Waals surface area contributed by atoms with Crippen LogP contribution in [0.2, 0.25) is 0 Å². The third kappa shape index (κ3) is 4.76. The number of benzene rings is 2. The second-order valence-electron chi connectivity index (χ2n) is 10.2. The first-order chi connectivity index (χ1) is 19.4. The van der Waals surface area contributed by atoms with Crippen LogP contribution in [0, 0.1) is 24.0 Å². The molecule has 40 heavy (non-hydrogen) atoms. The second kappa shape index (κ2) is 10.8. The van der Waals surface area contributed by atoms with Crippen LogP contribution in [0.15, 0.2) is 30.5 Å². The van der Waals surface area contributed by atoms with Gasteiger partial charge in [-0.3, -0.25) is 4.98 Å². The Morgan fingerprint density at radius 1 is 1.15 bits per heavy atom. The number of ether oxygens (including phenoxy) is 2. The normalized spacial score (nSPS) is 18.2. The van der Waals surface area contributed by atoms with Gasteiger partial charge in [0.25, 0.3) is 0 Å². The molecule has 1 unspecified atom stereocenters. The molecule has 0 aliphatic carbocycles. The lowest BCUT2D eigenvalue weighted by molar-refractivity contribution is 0.152. The predicted octanol–water partition coefficient (Wildman–Crippen LogP) is 4.51. The molecular weight excluding hydrogens is 516 g/mol. The van der Waals surface area contributed by atoms with E-state index in [0.29, 0.717) is 49.5 Å². The van der Waals surface area contributed by atoms with Gasteiger partial charge in [0.15, 0.2) is 5.82 Å². The van der Waals surface area contributed by atoms with E-state index in [9.17, 15) is 9.50 Å². The zero-order chi connectivity index (χ0) is 27.8. The standard InChI is InChI=1S/C30H29F2N5O3/c1-3-21-24(31)8-7-18-14-20(38)15-22(25(18)21)27-26(32)28-23(16-33-27)29(37-10-5-12-39-13-11-37)35-30(34-28)40-17-19-6-4-9-36(19)2/h1,7-8,14-16,19,38H,4-6,9-13,17H2,2H3. The number of likely N-dealkylation sites (tertiary alicyclic amines) is 1. The molecule has 206 valence electrons. The zero-order valence-electron chi connectivity index (χ0n) is 22.2. The third-order valence-electron chi connectivity index (χ3n) is 7.69. The molecule has 2 aromatic heterocycles. The van der Waals surface area contributed by atoms with E-state index in [1.165, 1.54) is 30.5 Å². The first-order valence-corrected chi connectivity index (χ1v) is 13.4.